The zero-order valence-electron chi connectivity index (χ0n) is 10.5. The standard InChI is InChI=1S/C14H15N3O2/c18-13(19)11-5-3-7-17(9-11)14-15-8-10-4-1-2-6-12(10)16-14/h1-2,4,6,8,11H,3,5,7,9H2,(H,18,19). The van der Waals surface area contributed by atoms with Crippen LogP contribution in [-0.4, -0.2) is 34.1 Å². The summed E-state index contributed by atoms with van der Waals surface area (Å²) in [6.07, 6.45) is 3.40. The molecule has 19 heavy (non-hydrogen) atoms. The van der Waals surface area contributed by atoms with Crippen LogP contribution in [0.1, 0.15) is 12.8 Å². The first-order valence-electron chi connectivity index (χ1n) is 6.43. The zero-order chi connectivity index (χ0) is 13.2. The summed E-state index contributed by atoms with van der Waals surface area (Å²) >= 11 is 0. The number of hydrogen-bond acceptors (Lipinski definition) is 4. The molecule has 0 bridgehead atoms. The van der Waals surface area contributed by atoms with Crippen molar-refractivity contribution in [3.8, 4) is 0 Å². The van der Waals surface area contributed by atoms with E-state index in [1.54, 1.807) is 6.20 Å². The topological polar surface area (TPSA) is 66.3 Å². The van der Waals surface area contributed by atoms with E-state index in [1.165, 1.54) is 0 Å². The number of nitrogens with zero attached hydrogens (tertiary/aromatic N) is 3. The molecule has 98 valence electrons. The summed E-state index contributed by atoms with van der Waals surface area (Å²) in [5, 5.41) is 10.1. The molecule has 1 fully saturated rings. The third-order valence-corrected chi connectivity index (χ3v) is 3.53. The predicted octanol–water partition coefficient (Wildman–Crippen LogP) is 1.93. The highest BCUT2D eigenvalue weighted by Crippen LogP contribution is 2.22. The van der Waals surface area contributed by atoms with Gasteiger partial charge in [0.25, 0.3) is 0 Å². The molecular formula is C14H15N3O2. The Morgan fingerprint density at radius 1 is 1.37 bits per heavy atom. The van der Waals surface area contributed by atoms with E-state index >= 15 is 0 Å². The van der Waals surface area contributed by atoms with Gasteiger partial charge in [0, 0.05) is 24.7 Å². The molecule has 0 spiro atoms. The number of benzene rings is 1. The molecular weight excluding hydrogens is 242 g/mol. The van der Waals surface area contributed by atoms with Crippen LogP contribution in [0.2, 0.25) is 0 Å². The molecule has 3 rings (SSSR count). The lowest BCUT2D eigenvalue weighted by molar-refractivity contribution is -0.141. The van der Waals surface area contributed by atoms with Gasteiger partial charge < -0.3 is 10.0 Å². The average molecular weight is 257 g/mol. The number of hydrogen-bond donors (Lipinski definition) is 1. The lowest BCUT2D eigenvalue weighted by Gasteiger charge is -2.30. The molecule has 2 aromatic rings. The number of fused-ring (bicyclic) bond motifs is 1. The van der Waals surface area contributed by atoms with Gasteiger partial charge in [0.05, 0.1) is 11.4 Å². The van der Waals surface area contributed by atoms with Crippen molar-refractivity contribution < 1.29 is 9.90 Å². The third-order valence-electron chi connectivity index (χ3n) is 3.53. The molecule has 5 heteroatoms. The van der Waals surface area contributed by atoms with Crippen molar-refractivity contribution in [1.29, 1.82) is 0 Å². The molecule has 0 saturated carbocycles. The molecule has 1 saturated heterocycles. The summed E-state index contributed by atoms with van der Waals surface area (Å²) in [6.45, 7) is 1.32. The van der Waals surface area contributed by atoms with Crippen LogP contribution in [-0.2, 0) is 4.79 Å². The number of piperidine rings is 1. The van der Waals surface area contributed by atoms with Gasteiger partial charge in [-0.05, 0) is 18.9 Å². The molecule has 1 unspecified atom stereocenters. The van der Waals surface area contributed by atoms with Crippen molar-refractivity contribution in [3.63, 3.8) is 0 Å². The molecule has 1 aromatic heterocycles. The monoisotopic (exact) mass is 257 g/mol. The highest BCUT2D eigenvalue weighted by Gasteiger charge is 2.26. The second kappa shape index (κ2) is 4.84. The van der Waals surface area contributed by atoms with Crippen molar-refractivity contribution >= 4 is 22.8 Å². The van der Waals surface area contributed by atoms with Gasteiger partial charge in [0.1, 0.15) is 0 Å². The van der Waals surface area contributed by atoms with E-state index in [9.17, 15) is 4.79 Å². The minimum Gasteiger partial charge on any atom is -0.481 e. The second-order valence-electron chi connectivity index (χ2n) is 4.85. The quantitative estimate of drug-likeness (QED) is 0.890. The summed E-state index contributed by atoms with van der Waals surface area (Å²) < 4.78 is 0. The zero-order valence-corrected chi connectivity index (χ0v) is 10.5. The van der Waals surface area contributed by atoms with Crippen LogP contribution in [0.25, 0.3) is 10.9 Å². The van der Waals surface area contributed by atoms with E-state index in [2.05, 4.69) is 9.97 Å². The summed E-state index contributed by atoms with van der Waals surface area (Å²) in [6, 6.07) is 7.80. The molecule has 1 aliphatic heterocycles. The Balaban J connectivity index is 1.89. The van der Waals surface area contributed by atoms with E-state index in [0.29, 0.717) is 12.5 Å². The van der Waals surface area contributed by atoms with Gasteiger partial charge in [-0.25, -0.2) is 9.97 Å². The van der Waals surface area contributed by atoms with Crippen LogP contribution >= 0.6 is 0 Å². The SMILES string of the molecule is O=C(O)C1CCCN(c2ncc3ccccc3n2)C1. The fourth-order valence-corrected chi connectivity index (χ4v) is 2.48. The van der Waals surface area contributed by atoms with Gasteiger partial charge >= 0.3 is 5.97 Å². The molecule has 0 amide bonds. The van der Waals surface area contributed by atoms with Crippen molar-refractivity contribution in [2.45, 2.75) is 12.8 Å². The fourth-order valence-electron chi connectivity index (χ4n) is 2.48. The van der Waals surface area contributed by atoms with Crippen LogP contribution in [0.5, 0.6) is 0 Å². The van der Waals surface area contributed by atoms with Crippen molar-refractivity contribution in [3.05, 3.63) is 30.5 Å². The van der Waals surface area contributed by atoms with Crippen LogP contribution in [0, 0.1) is 5.92 Å². The highest BCUT2D eigenvalue weighted by molar-refractivity contribution is 5.78. The summed E-state index contributed by atoms with van der Waals surface area (Å²) in [5.41, 5.74) is 0.893. The number of rotatable bonds is 2. The third kappa shape index (κ3) is 2.36. The Hall–Kier alpha value is -2.17. The largest absolute Gasteiger partial charge is 0.481 e. The normalized spacial score (nSPS) is 19.6. The first kappa shape index (κ1) is 11.9. The van der Waals surface area contributed by atoms with E-state index < -0.39 is 5.97 Å². The van der Waals surface area contributed by atoms with Gasteiger partial charge in [-0.3, -0.25) is 4.79 Å². The van der Waals surface area contributed by atoms with Crippen molar-refractivity contribution in [1.82, 2.24) is 9.97 Å². The Bertz CT molecular complexity index is 614. The number of carboxylic acid groups (broad SMARTS) is 1. The van der Waals surface area contributed by atoms with E-state index in [0.717, 1.165) is 30.3 Å². The van der Waals surface area contributed by atoms with Gasteiger partial charge in [-0.2, -0.15) is 0 Å². The van der Waals surface area contributed by atoms with Gasteiger partial charge in [0.2, 0.25) is 5.95 Å². The number of aromatic nitrogens is 2. The van der Waals surface area contributed by atoms with E-state index in [1.807, 2.05) is 29.2 Å². The van der Waals surface area contributed by atoms with Gasteiger partial charge in [0.15, 0.2) is 0 Å². The molecule has 1 aromatic carbocycles. The molecule has 5 nitrogen and oxygen atoms in total. The number of aliphatic carboxylic acids is 1. The summed E-state index contributed by atoms with van der Waals surface area (Å²) in [4.78, 5) is 21.9. The highest BCUT2D eigenvalue weighted by atomic mass is 16.4. The second-order valence-corrected chi connectivity index (χ2v) is 4.85. The minimum atomic E-state index is -0.731. The number of carboxylic acids is 1. The molecule has 1 atom stereocenters. The van der Waals surface area contributed by atoms with E-state index in [4.69, 9.17) is 5.11 Å². The number of carbonyl (C=O) groups is 1. The smallest absolute Gasteiger partial charge is 0.308 e. The van der Waals surface area contributed by atoms with Crippen molar-refractivity contribution in [2.24, 2.45) is 5.92 Å². The van der Waals surface area contributed by atoms with E-state index in [-0.39, 0.29) is 5.92 Å². The molecule has 1 aliphatic rings. The molecule has 2 heterocycles. The van der Waals surface area contributed by atoms with Crippen LogP contribution in [0.3, 0.4) is 0 Å². The summed E-state index contributed by atoms with van der Waals surface area (Å²) in [7, 11) is 0. The number of para-hydroxylation sites is 1. The number of anilines is 1. The Morgan fingerprint density at radius 3 is 3.05 bits per heavy atom. The lowest BCUT2D eigenvalue weighted by Crippen LogP contribution is -2.39. The average Bonchev–Trinajstić information content (AvgIpc) is 2.47. The molecule has 1 N–H and O–H groups in total. The maximum Gasteiger partial charge on any atom is 0.308 e. The summed E-state index contributed by atoms with van der Waals surface area (Å²) in [5.74, 6) is -0.418. The molecule has 0 aliphatic carbocycles. The lowest BCUT2D eigenvalue weighted by atomic mass is 9.99. The maximum absolute atomic E-state index is 11.1. The van der Waals surface area contributed by atoms with Crippen LogP contribution < -0.4 is 4.90 Å². The fraction of sp³-hybridized carbons (Fsp3) is 0.357. The van der Waals surface area contributed by atoms with Gasteiger partial charge in [-0.15, -0.1) is 0 Å². The Morgan fingerprint density at radius 2 is 2.21 bits per heavy atom. The minimum absolute atomic E-state index is 0.316. The van der Waals surface area contributed by atoms with Gasteiger partial charge in [-0.1, -0.05) is 18.2 Å². The first-order chi connectivity index (χ1) is 9.24. The van der Waals surface area contributed by atoms with Crippen LogP contribution in [0.4, 0.5) is 5.95 Å². The first-order valence-corrected chi connectivity index (χ1v) is 6.43. The van der Waals surface area contributed by atoms with Crippen molar-refractivity contribution in [2.75, 3.05) is 18.0 Å². The van der Waals surface area contributed by atoms with Crippen LogP contribution in [0.15, 0.2) is 30.5 Å². The Labute approximate surface area is 110 Å². The Kier molecular flexibility index (Phi) is 3.03. The predicted molar refractivity (Wildman–Crippen MR) is 72.1 cm³/mol. The molecule has 0 radical (unpaired) electrons. The maximum atomic E-state index is 11.1.